The van der Waals surface area contributed by atoms with Gasteiger partial charge in [-0.15, -0.1) is 0 Å². The van der Waals surface area contributed by atoms with E-state index in [-0.39, 0.29) is 13.2 Å². The maximum atomic E-state index is 10.5. The molecule has 1 saturated heterocycles. The maximum Gasteiger partial charge on any atom is 0.0862 e. The Balaban J connectivity index is 2.21. The highest BCUT2D eigenvalue weighted by Gasteiger charge is 2.18. The number of rotatable bonds is 3. The van der Waals surface area contributed by atoms with Crippen molar-refractivity contribution in [3.05, 3.63) is 0 Å². The topological polar surface area (TPSA) is 43.4 Å². The second-order valence-electron chi connectivity index (χ2n) is 3.20. The maximum absolute atomic E-state index is 10.5. The van der Waals surface area contributed by atoms with E-state index < -0.39 is 0 Å². The molecule has 1 rings (SSSR count). The van der Waals surface area contributed by atoms with Crippen molar-refractivity contribution in [1.82, 2.24) is 4.90 Å². The van der Waals surface area contributed by atoms with Crippen LogP contribution in [0.4, 0.5) is 0 Å². The van der Waals surface area contributed by atoms with Crippen molar-refractivity contribution in [2.75, 3.05) is 32.8 Å². The first-order chi connectivity index (χ1) is 5.36. The van der Waals surface area contributed by atoms with Crippen molar-refractivity contribution < 1.29 is 10.2 Å². The van der Waals surface area contributed by atoms with Crippen LogP contribution >= 0.6 is 0 Å². The molecule has 0 saturated carbocycles. The molecular formula is C8H16NO2. The Morgan fingerprint density at radius 1 is 1.55 bits per heavy atom. The van der Waals surface area contributed by atoms with Crippen LogP contribution in [-0.4, -0.2) is 42.9 Å². The van der Waals surface area contributed by atoms with Crippen molar-refractivity contribution in [3.63, 3.8) is 0 Å². The number of β-amino-alcohol motifs (C(OH)–C–C–N with tert-alkyl or cyclic N) is 1. The zero-order valence-corrected chi connectivity index (χ0v) is 6.83. The summed E-state index contributed by atoms with van der Waals surface area (Å²) < 4.78 is 0. The summed E-state index contributed by atoms with van der Waals surface area (Å²) in [4.78, 5) is 2.17. The summed E-state index contributed by atoms with van der Waals surface area (Å²) >= 11 is 0. The van der Waals surface area contributed by atoms with E-state index in [2.05, 4.69) is 4.90 Å². The van der Waals surface area contributed by atoms with Crippen molar-refractivity contribution in [1.29, 1.82) is 0 Å². The highest BCUT2D eigenvalue weighted by atomic mass is 16.3. The van der Waals surface area contributed by atoms with E-state index in [1.807, 2.05) is 0 Å². The number of aliphatic hydroxyl groups excluding tert-OH is 1. The van der Waals surface area contributed by atoms with Gasteiger partial charge >= 0.3 is 0 Å². The molecule has 0 bridgehead atoms. The van der Waals surface area contributed by atoms with Crippen molar-refractivity contribution in [2.24, 2.45) is 5.92 Å². The molecule has 3 nitrogen and oxygen atoms in total. The summed E-state index contributed by atoms with van der Waals surface area (Å²) in [6, 6.07) is 0. The van der Waals surface area contributed by atoms with Gasteiger partial charge in [0.25, 0.3) is 0 Å². The Morgan fingerprint density at radius 2 is 2.36 bits per heavy atom. The lowest BCUT2D eigenvalue weighted by molar-refractivity contribution is 0.0739. The minimum absolute atomic E-state index is 0.0436. The number of piperidine rings is 1. The molecule has 1 fully saturated rings. The molecule has 11 heavy (non-hydrogen) atoms. The van der Waals surface area contributed by atoms with Crippen LogP contribution in [0.25, 0.3) is 0 Å². The largest absolute Gasteiger partial charge is 0.395 e. The van der Waals surface area contributed by atoms with Crippen LogP contribution in [0.3, 0.4) is 0 Å². The predicted molar refractivity (Wildman–Crippen MR) is 41.8 cm³/mol. The minimum atomic E-state index is 0.0436. The fraction of sp³-hybridized carbons (Fsp3) is 1.00. The molecule has 1 aliphatic rings. The summed E-state index contributed by atoms with van der Waals surface area (Å²) in [5.41, 5.74) is 0. The smallest absolute Gasteiger partial charge is 0.0862 e. The van der Waals surface area contributed by atoms with E-state index >= 15 is 0 Å². The van der Waals surface area contributed by atoms with Crippen LogP contribution in [0.2, 0.25) is 0 Å². The lowest BCUT2D eigenvalue weighted by Gasteiger charge is -2.30. The molecule has 0 aromatic rings. The Labute approximate surface area is 67.6 Å². The average molecular weight is 158 g/mol. The molecule has 1 aliphatic heterocycles. The first kappa shape index (κ1) is 8.97. The third-order valence-corrected chi connectivity index (χ3v) is 2.26. The van der Waals surface area contributed by atoms with Gasteiger partial charge in [-0.05, 0) is 25.3 Å². The lowest BCUT2D eigenvalue weighted by atomic mass is 9.99. The van der Waals surface area contributed by atoms with Gasteiger partial charge in [0.2, 0.25) is 0 Å². The summed E-state index contributed by atoms with van der Waals surface area (Å²) in [5, 5.41) is 19.2. The van der Waals surface area contributed by atoms with Crippen molar-refractivity contribution in [3.8, 4) is 0 Å². The average Bonchev–Trinajstić information content (AvgIpc) is 2.06. The second-order valence-corrected chi connectivity index (χ2v) is 3.20. The van der Waals surface area contributed by atoms with Gasteiger partial charge in [0.1, 0.15) is 0 Å². The summed E-state index contributed by atoms with van der Waals surface area (Å²) in [6.45, 7) is 2.94. The quantitative estimate of drug-likeness (QED) is 0.634. The van der Waals surface area contributed by atoms with Crippen LogP contribution in [0.15, 0.2) is 0 Å². The molecule has 0 aliphatic carbocycles. The predicted octanol–water partition coefficient (Wildman–Crippen LogP) is 0.121. The van der Waals surface area contributed by atoms with Crippen molar-refractivity contribution in [2.45, 2.75) is 12.8 Å². The highest BCUT2D eigenvalue weighted by molar-refractivity contribution is 4.71. The molecule has 1 radical (unpaired) electrons. The number of likely N-dealkylation sites (tertiary alicyclic amines) is 1. The fourth-order valence-electron chi connectivity index (χ4n) is 1.63. The van der Waals surface area contributed by atoms with Crippen LogP contribution in [0.5, 0.6) is 0 Å². The van der Waals surface area contributed by atoms with Gasteiger partial charge in [-0.25, -0.2) is 5.11 Å². The minimum Gasteiger partial charge on any atom is -0.395 e. The van der Waals surface area contributed by atoms with Crippen LogP contribution < -0.4 is 0 Å². The number of aliphatic hydroxyl groups is 1. The molecule has 1 heterocycles. The third kappa shape index (κ3) is 2.77. The third-order valence-electron chi connectivity index (χ3n) is 2.26. The fourth-order valence-corrected chi connectivity index (χ4v) is 1.63. The van der Waals surface area contributed by atoms with Crippen molar-refractivity contribution >= 4 is 0 Å². The molecule has 0 aromatic heterocycles. The zero-order chi connectivity index (χ0) is 8.10. The highest BCUT2D eigenvalue weighted by Crippen LogP contribution is 2.14. The van der Waals surface area contributed by atoms with E-state index in [0.717, 1.165) is 32.5 Å². The molecule has 1 unspecified atom stereocenters. The first-order valence-electron chi connectivity index (χ1n) is 4.28. The van der Waals surface area contributed by atoms with Gasteiger partial charge in [0, 0.05) is 13.1 Å². The van der Waals surface area contributed by atoms with Crippen LogP contribution in [0.1, 0.15) is 12.8 Å². The van der Waals surface area contributed by atoms with Crippen LogP contribution in [-0.2, 0) is 5.11 Å². The van der Waals surface area contributed by atoms with E-state index in [4.69, 9.17) is 5.11 Å². The molecular weight excluding hydrogens is 142 g/mol. The zero-order valence-electron chi connectivity index (χ0n) is 6.83. The number of hydrogen-bond acceptors (Lipinski definition) is 2. The van der Waals surface area contributed by atoms with E-state index in [9.17, 15) is 5.11 Å². The van der Waals surface area contributed by atoms with E-state index in [1.165, 1.54) is 0 Å². The monoisotopic (exact) mass is 158 g/mol. The molecule has 0 amide bonds. The van der Waals surface area contributed by atoms with Gasteiger partial charge in [-0.2, -0.15) is 0 Å². The normalized spacial score (nSPS) is 27.3. The summed E-state index contributed by atoms with van der Waals surface area (Å²) in [7, 11) is 0. The van der Waals surface area contributed by atoms with Gasteiger partial charge in [-0.3, -0.25) is 0 Å². The van der Waals surface area contributed by atoms with Gasteiger partial charge in [0.05, 0.1) is 13.2 Å². The lowest BCUT2D eigenvalue weighted by Crippen LogP contribution is -2.38. The number of nitrogens with zero attached hydrogens (tertiary/aromatic N) is 1. The standard InChI is InChI=1S/C8H16NO2/c10-5-4-9-3-1-2-8(6-9)7-11/h8,10H,1-7H2. The summed E-state index contributed by atoms with van der Waals surface area (Å²) in [5.74, 6) is 0.329. The van der Waals surface area contributed by atoms with Gasteiger partial charge in [0.15, 0.2) is 0 Å². The molecule has 1 atom stereocenters. The Kier molecular flexibility index (Phi) is 3.83. The Hall–Kier alpha value is -0.120. The van der Waals surface area contributed by atoms with Gasteiger partial charge in [-0.1, -0.05) is 0 Å². The second kappa shape index (κ2) is 4.70. The molecule has 3 heteroatoms. The molecule has 0 aromatic carbocycles. The Bertz CT molecular complexity index is 106. The molecule has 0 spiro atoms. The SMILES string of the molecule is [O]CC1CCCN(CCO)C1. The number of hydrogen-bond donors (Lipinski definition) is 1. The first-order valence-corrected chi connectivity index (χ1v) is 4.28. The molecule has 65 valence electrons. The summed E-state index contributed by atoms with van der Waals surface area (Å²) in [6.07, 6.45) is 2.19. The Morgan fingerprint density at radius 3 is 3.00 bits per heavy atom. The van der Waals surface area contributed by atoms with Gasteiger partial charge < -0.3 is 10.0 Å². The molecule has 1 N–H and O–H groups in total. The van der Waals surface area contributed by atoms with E-state index in [1.54, 1.807) is 0 Å². The van der Waals surface area contributed by atoms with Crippen LogP contribution in [0, 0.1) is 5.92 Å². The van der Waals surface area contributed by atoms with E-state index in [0.29, 0.717) is 5.92 Å².